The van der Waals surface area contributed by atoms with Gasteiger partial charge in [-0.1, -0.05) is 12.1 Å². The monoisotopic (exact) mass is 309 g/mol. The van der Waals surface area contributed by atoms with Crippen molar-refractivity contribution in [1.29, 1.82) is 0 Å². The molecule has 1 aromatic heterocycles. The number of anilines is 1. The molecule has 2 aromatic rings. The number of aromatic nitrogens is 2. The van der Waals surface area contributed by atoms with Crippen LogP contribution in [0.3, 0.4) is 0 Å². The Hall–Kier alpha value is -1.66. The van der Waals surface area contributed by atoms with Gasteiger partial charge in [0.2, 0.25) is 5.88 Å². The van der Waals surface area contributed by atoms with Gasteiger partial charge in [0.05, 0.1) is 4.47 Å². The minimum Gasteiger partial charge on any atom is -0.438 e. The van der Waals surface area contributed by atoms with Crippen molar-refractivity contribution in [2.45, 2.75) is 6.61 Å². The SMILES string of the molecule is COCc1nc(N)cc(Oc2ccccc2Br)n1. The fourth-order valence-corrected chi connectivity index (χ4v) is 1.74. The van der Waals surface area contributed by atoms with Gasteiger partial charge in [-0.05, 0) is 28.1 Å². The third-order valence-electron chi connectivity index (χ3n) is 2.09. The normalized spacial score (nSPS) is 10.3. The maximum absolute atomic E-state index is 5.68. The number of hydrogen-bond acceptors (Lipinski definition) is 5. The van der Waals surface area contributed by atoms with E-state index < -0.39 is 0 Å². The van der Waals surface area contributed by atoms with Crippen molar-refractivity contribution in [2.75, 3.05) is 12.8 Å². The summed E-state index contributed by atoms with van der Waals surface area (Å²) < 4.78 is 11.5. The number of hydrogen-bond donors (Lipinski definition) is 1. The van der Waals surface area contributed by atoms with E-state index in [1.165, 1.54) is 0 Å². The van der Waals surface area contributed by atoms with Gasteiger partial charge in [-0.3, -0.25) is 0 Å². The van der Waals surface area contributed by atoms with Crippen LogP contribution in [0, 0.1) is 0 Å². The van der Waals surface area contributed by atoms with E-state index in [2.05, 4.69) is 25.9 Å². The number of para-hydroxylation sites is 1. The van der Waals surface area contributed by atoms with Gasteiger partial charge in [0.15, 0.2) is 5.82 Å². The summed E-state index contributed by atoms with van der Waals surface area (Å²) >= 11 is 3.40. The summed E-state index contributed by atoms with van der Waals surface area (Å²) in [6.45, 7) is 0.289. The second kappa shape index (κ2) is 5.79. The molecule has 0 saturated carbocycles. The Kier molecular flexibility index (Phi) is 4.11. The maximum Gasteiger partial charge on any atom is 0.224 e. The number of methoxy groups -OCH3 is 1. The highest BCUT2D eigenvalue weighted by Crippen LogP contribution is 2.28. The van der Waals surface area contributed by atoms with Crippen molar-refractivity contribution < 1.29 is 9.47 Å². The summed E-state index contributed by atoms with van der Waals surface area (Å²) in [5.74, 6) is 1.89. The Morgan fingerprint density at radius 1 is 1.28 bits per heavy atom. The summed E-state index contributed by atoms with van der Waals surface area (Å²) in [5.41, 5.74) is 5.68. The van der Waals surface area contributed by atoms with Crippen LogP contribution >= 0.6 is 15.9 Å². The van der Waals surface area contributed by atoms with E-state index in [0.717, 1.165) is 4.47 Å². The summed E-state index contributed by atoms with van der Waals surface area (Å²) in [7, 11) is 1.57. The highest BCUT2D eigenvalue weighted by molar-refractivity contribution is 9.10. The van der Waals surface area contributed by atoms with E-state index in [9.17, 15) is 0 Å². The molecule has 18 heavy (non-hydrogen) atoms. The van der Waals surface area contributed by atoms with Crippen LogP contribution in [0.15, 0.2) is 34.8 Å². The molecule has 1 aromatic carbocycles. The molecule has 0 radical (unpaired) electrons. The lowest BCUT2D eigenvalue weighted by Gasteiger charge is -2.08. The number of nitrogens with zero attached hydrogens (tertiary/aromatic N) is 2. The molecule has 0 unspecified atom stereocenters. The van der Waals surface area contributed by atoms with Gasteiger partial charge >= 0.3 is 0 Å². The van der Waals surface area contributed by atoms with Gasteiger partial charge in [-0.25, -0.2) is 4.98 Å². The van der Waals surface area contributed by atoms with E-state index in [1.54, 1.807) is 13.2 Å². The van der Waals surface area contributed by atoms with E-state index in [4.69, 9.17) is 15.2 Å². The van der Waals surface area contributed by atoms with Gasteiger partial charge in [-0.15, -0.1) is 0 Å². The van der Waals surface area contributed by atoms with Crippen LogP contribution in [0.2, 0.25) is 0 Å². The van der Waals surface area contributed by atoms with Gasteiger partial charge < -0.3 is 15.2 Å². The molecule has 2 N–H and O–H groups in total. The van der Waals surface area contributed by atoms with Crippen molar-refractivity contribution in [3.63, 3.8) is 0 Å². The zero-order valence-electron chi connectivity index (χ0n) is 9.76. The predicted molar refractivity (Wildman–Crippen MR) is 71.4 cm³/mol. The molecular formula is C12H12BrN3O2. The molecule has 6 heteroatoms. The number of halogens is 1. The summed E-state index contributed by atoms with van der Waals surface area (Å²) in [4.78, 5) is 8.24. The van der Waals surface area contributed by atoms with Gasteiger partial charge in [0.1, 0.15) is 18.2 Å². The van der Waals surface area contributed by atoms with Crippen LogP contribution < -0.4 is 10.5 Å². The number of benzene rings is 1. The lowest BCUT2D eigenvalue weighted by Crippen LogP contribution is -2.02. The fourth-order valence-electron chi connectivity index (χ4n) is 1.38. The number of ether oxygens (including phenoxy) is 2. The zero-order valence-corrected chi connectivity index (χ0v) is 11.3. The molecule has 0 amide bonds. The Balaban J connectivity index is 2.26. The summed E-state index contributed by atoms with van der Waals surface area (Å²) in [5, 5.41) is 0. The van der Waals surface area contributed by atoms with Crippen LogP contribution in [0.1, 0.15) is 5.82 Å². The van der Waals surface area contributed by atoms with Crippen LogP contribution in [0.5, 0.6) is 11.6 Å². The van der Waals surface area contributed by atoms with Crippen molar-refractivity contribution in [3.8, 4) is 11.6 Å². The lowest BCUT2D eigenvalue weighted by atomic mass is 10.3. The molecule has 0 bridgehead atoms. The van der Waals surface area contributed by atoms with Crippen LogP contribution in [-0.2, 0) is 11.3 Å². The predicted octanol–water partition coefficient (Wildman–Crippen LogP) is 2.76. The molecule has 0 saturated heterocycles. The number of rotatable bonds is 4. The quantitative estimate of drug-likeness (QED) is 0.940. The highest BCUT2D eigenvalue weighted by atomic mass is 79.9. The largest absolute Gasteiger partial charge is 0.438 e. The summed E-state index contributed by atoms with van der Waals surface area (Å²) in [6.07, 6.45) is 0. The van der Waals surface area contributed by atoms with E-state index >= 15 is 0 Å². The van der Waals surface area contributed by atoms with Crippen molar-refractivity contribution in [3.05, 3.63) is 40.6 Å². The fraction of sp³-hybridized carbons (Fsp3) is 0.167. The second-order valence-corrected chi connectivity index (χ2v) is 4.37. The van der Waals surface area contributed by atoms with Crippen LogP contribution in [0.25, 0.3) is 0 Å². The van der Waals surface area contributed by atoms with E-state index in [1.807, 2.05) is 24.3 Å². The van der Waals surface area contributed by atoms with E-state index in [0.29, 0.717) is 23.3 Å². The Morgan fingerprint density at radius 2 is 2.06 bits per heavy atom. The van der Waals surface area contributed by atoms with Gasteiger partial charge in [0, 0.05) is 13.2 Å². The third-order valence-corrected chi connectivity index (χ3v) is 2.75. The van der Waals surface area contributed by atoms with Gasteiger partial charge in [0.25, 0.3) is 0 Å². The molecule has 0 spiro atoms. The van der Waals surface area contributed by atoms with Gasteiger partial charge in [-0.2, -0.15) is 4.98 Å². The topological polar surface area (TPSA) is 70.3 Å². The van der Waals surface area contributed by atoms with Crippen LogP contribution in [0.4, 0.5) is 5.82 Å². The summed E-state index contributed by atoms with van der Waals surface area (Å²) in [6, 6.07) is 9.06. The molecule has 94 valence electrons. The Morgan fingerprint density at radius 3 is 2.78 bits per heavy atom. The maximum atomic E-state index is 5.68. The highest BCUT2D eigenvalue weighted by Gasteiger charge is 2.06. The molecule has 5 nitrogen and oxygen atoms in total. The standard InChI is InChI=1S/C12H12BrN3O2/c1-17-7-11-15-10(14)6-12(16-11)18-9-5-3-2-4-8(9)13/h2-6H,7H2,1H3,(H2,14,15,16). The molecular weight excluding hydrogens is 298 g/mol. The number of nitrogens with two attached hydrogens (primary N) is 1. The zero-order chi connectivity index (χ0) is 13.0. The average molecular weight is 310 g/mol. The first-order valence-electron chi connectivity index (χ1n) is 5.24. The van der Waals surface area contributed by atoms with Crippen molar-refractivity contribution >= 4 is 21.7 Å². The Bertz CT molecular complexity index is 549. The smallest absolute Gasteiger partial charge is 0.224 e. The number of nitrogen functional groups attached to an aromatic ring is 1. The minimum atomic E-state index is 0.289. The van der Waals surface area contributed by atoms with Crippen molar-refractivity contribution in [1.82, 2.24) is 9.97 Å². The first-order chi connectivity index (χ1) is 8.69. The molecule has 0 aliphatic rings. The average Bonchev–Trinajstić information content (AvgIpc) is 2.32. The molecule has 0 atom stereocenters. The van der Waals surface area contributed by atoms with E-state index in [-0.39, 0.29) is 6.61 Å². The lowest BCUT2D eigenvalue weighted by molar-refractivity contribution is 0.177. The molecule has 2 rings (SSSR count). The third kappa shape index (κ3) is 3.18. The molecule has 0 aliphatic heterocycles. The first kappa shape index (κ1) is 12.8. The molecule has 0 aliphatic carbocycles. The molecule has 1 heterocycles. The van der Waals surface area contributed by atoms with Crippen LogP contribution in [-0.4, -0.2) is 17.1 Å². The van der Waals surface area contributed by atoms with Crippen molar-refractivity contribution in [2.24, 2.45) is 0 Å². The minimum absolute atomic E-state index is 0.289. The second-order valence-electron chi connectivity index (χ2n) is 3.51. The Labute approximate surface area is 113 Å². The first-order valence-corrected chi connectivity index (χ1v) is 6.03. The molecule has 0 fully saturated rings.